The lowest BCUT2D eigenvalue weighted by Crippen LogP contribution is -2.67. The molecule has 3 aliphatic rings. The van der Waals surface area contributed by atoms with Crippen molar-refractivity contribution in [2.45, 2.75) is 154 Å². The molecule has 238 valence electrons. The van der Waals surface area contributed by atoms with Gasteiger partial charge in [0.15, 0.2) is 8.32 Å². The van der Waals surface area contributed by atoms with Crippen molar-refractivity contribution in [2.75, 3.05) is 26.7 Å². The van der Waals surface area contributed by atoms with Gasteiger partial charge < -0.3 is 18.5 Å². The van der Waals surface area contributed by atoms with Crippen LogP contribution in [-0.2, 0) is 18.4 Å². The molecule has 3 aliphatic heterocycles. The predicted molar refractivity (Wildman–Crippen MR) is 171 cm³/mol. The molecule has 0 radical (unpaired) electrons. The van der Waals surface area contributed by atoms with Crippen molar-refractivity contribution in [1.82, 2.24) is 15.1 Å². The van der Waals surface area contributed by atoms with Crippen LogP contribution in [0.3, 0.4) is 0 Å². The van der Waals surface area contributed by atoms with Gasteiger partial charge >= 0.3 is 6.03 Å². The highest BCUT2D eigenvalue weighted by atomic mass is 28.4. The predicted octanol–water partition coefficient (Wildman–Crippen LogP) is 6.73. The summed E-state index contributed by atoms with van der Waals surface area (Å²) in [5, 5.41) is 2.66. The largest absolute Gasteiger partial charge is 0.413 e. The number of nitrogens with one attached hydrogen (secondary N) is 1. The number of fused-ring (bicyclic) bond motifs is 1. The van der Waals surface area contributed by atoms with Gasteiger partial charge in [-0.3, -0.25) is 15.0 Å². The van der Waals surface area contributed by atoms with Crippen LogP contribution in [0.1, 0.15) is 96.4 Å². The van der Waals surface area contributed by atoms with Crippen molar-refractivity contribution >= 4 is 28.6 Å². The van der Waals surface area contributed by atoms with E-state index in [1.807, 2.05) is 18.9 Å². The second-order valence-electron chi connectivity index (χ2n) is 15.3. The number of likely N-dealkylation sites (N-methyl/N-ethyl adjacent to an activating group) is 1. The van der Waals surface area contributed by atoms with Crippen LogP contribution in [0.4, 0.5) is 4.79 Å². The summed E-state index contributed by atoms with van der Waals surface area (Å²) in [7, 11) is -2.37. The summed E-state index contributed by atoms with van der Waals surface area (Å²) in [6.45, 7) is 31.4. The van der Waals surface area contributed by atoms with E-state index < -0.39 is 28.3 Å². The first kappa shape index (κ1) is 34.7. The first-order chi connectivity index (χ1) is 18.9. The van der Waals surface area contributed by atoms with Gasteiger partial charge in [0.25, 0.3) is 0 Å². The van der Waals surface area contributed by atoms with Crippen LogP contribution in [0.15, 0.2) is 0 Å². The Labute approximate surface area is 252 Å². The smallest absolute Gasteiger partial charge is 0.326 e. The minimum atomic E-state index is -2.24. The van der Waals surface area contributed by atoms with E-state index in [1.54, 1.807) is 0 Å². The molecule has 0 aromatic rings. The Morgan fingerprint density at radius 3 is 1.83 bits per heavy atom. The normalized spacial score (nSPS) is 30.2. The molecule has 8 nitrogen and oxygen atoms in total. The number of hydrogen-bond acceptors (Lipinski definition) is 6. The summed E-state index contributed by atoms with van der Waals surface area (Å²) < 4.78 is 21.3. The Bertz CT molecular complexity index is 899. The van der Waals surface area contributed by atoms with Crippen LogP contribution >= 0.6 is 0 Å². The fraction of sp³-hybridized carbons (Fsp3) is 0.935. The van der Waals surface area contributed by atoms with Crippen LogP contribution < -0.4 is 5.32 Å². The molecule has 3 fully saturated rings. The SMILES string of the molecule is CC(C)[Si](OC[C@H]1O[C@@H](N2C(=O)NC(=O)[C@@]3(C)CN(C)C[C@@H]23)C[C@@H]1O[Si](C(C)C)(C(C)C)C(C)C)(C(C)C)C(C)C. The quantitative estimate of drug-likeness (QED) is 0.247. The summed E-state index contributed by atoms with van der Waals surface area (Å²) in [6.07, 6.45) is -0.328. The first-order valence-corrected chi connectivity index (χ1v) is 20.4. The van der Waals surface area contributed by atoms with Gasteiger partial charge in [-0.1, -0.05) is 83.1 Å². The van der Waals surface area contributed by atoms with E-state index in [0.29, 0.717) is 59.4 Å². The van der Waals surface area contributed by atoms with E-state index in [-0.39, 0.29) is 30.2 Å². The van der Waals surface area contributed by atoms with Crippen LogP contribution in [0.2, 0.25) is 33.2 Å². The number of likely N-dealkylation sites (tertiary alicyclic amines) is 1. The molecule has 0 aliphatic carbocycles. The number of hydrogen-bond donors (Lipinski definition) is 1. The summed E-state index contributed by atoms with van der Waals surface area (Å²) >= 11 is 0. The van der Waals surface area contributed by atoms with E-state index in [4.69, 9.17) is 13.6 Å². The van der Waals surface area contributed by atoms with E-state index in [9.17, 15) is 9.59 Å². The number of amides is 3. The van der Waals surface area contributed by atoms with Gasteiger partial charge in [0, 0.05) is 19.5 Å². The van der Waals surface area contributed by atoms with Crippen LogP contribution in [-0.4, -0.2) is 89.6 Å². The summed E-state index contributed by atoms with van der Waals surface area (Å²) in [4.78, 5) is 30.4. The molecule has 10 heteroatoms. The molecular weight excluding hydrogens is 551 g/mol. The lowest BCUT2D eigenvalue weighted by molar-refractivity contribution is -0.139. The fourth-order valence-corrected chi connectivity index (χ4v) is 20.2. The van der Waals surface area contributed by atoms with Gasteiger partial charge in [-0.2, -0.15) is 0 Å². The summed E-state index contributed by atoms with van der Waals surface area (Å²) in [5.41, 5.74) is 2.01. The Kier molecular flexibility index (Phi) is 10.7. The zero-order chi connectivity index (χ0) is 31.2. The summed E-state index contributed by atoms with van der Waals surface area (Å²) in [6, 6.07) is -0.592. The third-order valence-electron chi connectivity index (χ3n) is 10.9. The number of carbonyl (C=O) groups is 2. The topological polar surface area (TPSA) is 80.3 Å². The minimum Gasteiger partial charge on any atom is -0.413 e. The molecule has 0 aromatic carbocycles. The Hall–Kier alpha value is -0.786. The van der Waals surface area contributed by atoms with Crippen LogP contribution in [0, 0.1) is 5.41 Å². The van der Waals surface area contributed by atoms with E-state index >= 15 is 0 Å². The van der Waals surface area contributed by atoms with Gasteiger partial charge in [-0.05, 0) is 47.2 Å². The summed E-state index contributed by atoms with van der Waals surface area (Å²) in [5.74, 6) is -0.189. The highest BCUT2D eigenvalue weighted by Gasteiger charge is 2.59. The zero-order valence-corrected chi connectivity index (χ0v) is 30.5. The van der Waals surface area contributed by atoms with Crippen molar-refractivity contribution in [2.24, 2.45) is 5.41 Å². The number of nitrogens with zero attached hydrogens (tertiary/aromatic N) is 2. The Morgan fingerprint density at radius 2 is 1.37 bits per heavy atom. The molecule has 3 amide bonds. The van der Waals surface area contributed by atoms with Crippen molar-refractivity contribution in [1.29, 1.82) is 0 Å². The zero-order valence-electron chi connectivity index (χ0n) is 28.5. The number of ether oxygens (including phenoxy) is 1. The average Bonchev–Trinajstić information content (AvgIpc) is 3.36. The maximum absolute atomic E-state index is 13.4. The lowest BCUT2D eigenvalue weighted by atomic mass is 9.81. The minimum absolute atomic E-state index is 0.173. The molecular formula is C31H61N3O5Si2. The van der Waals surface area contributed by atoms with Gasteiger partial charge in [0.05, 0.1) is 24.2 Å². The standard InChI is InChI=1S/C31H61N3O5Si2/c1-19(2)40(20(3)4,21(5)6)37-17-26-25(39-41(22(7)8,23(9)10)24(11)12)15-28(38-26)34-27-16-33(14)18-31(27,13)29(35)32-30(34)36/h19-28H,15-18H2,1-14H3,(H,32,35,36)/t25-,26+,27+,28+,31-/m0/s1. The monoisotopic (exact) mass is 611 g/mol. The second-order valence-corrected chi connectivity index (χ2v) is 26.1. The average molecular weight is 612 g/mol. The third kappa shape index (κ3) is 5.99. The third-order valence-corrected chi connectivity index (χ3v) is 23.1. The second kappa shape index (κ2) is 12.7. The number of imide groups is 1. The molecule has 0 unspecified atom stereocenters. The molecule has 1 N–H and O–H groups in total. The lowest BCUT2D eigenvalue weighted by Gasteiger charge is -2.46. The van der Waals surface area contributed by atoms with Crippen molar-refractivity contribution in [3.8, 4) is 0 Å². The van der Waals surface area contributed by atoms with Gasteiger partial charge in [0.2, 0.25) is 14.2 Å². The number of rotatable bonds is 12. The number of carbonyl (C=O) groups excluding carboxylic acids is 2. The highest BCUT2D eigenvalue weighted by Crippen LogP contribution is 2.47. The van der Waals surface area contributed by atoms with E-state index in [2.05, 4.69) is 93.3 Å². The van der Waals surface area contributed by atoms with Crippen LogP contribution in [0.25, 0.3) is 0 Å². The van der Waals surface area contributed by atoms with E-state index in [0.717, 1.165) is 0 Å². The molecule has 3 heterocycles. The molecule has 41 heavy (non-hydrogen) atoms. The van der Waals surface area contributed by atoms with Gasteiger partial charge in [-0.25, -0.2) is 4.79 Å². The Balaban J connectivity index is 2.00. The van der Waals surface area contributed by atoms with Crippen molar-refractivity contribution in [3.05, 3.63) is 0 Å². The van der Waals surface area contributed by atoms with Crippen molar-refractivity contribution in [3.63, 3.8) is 0 Å². The first-order valence-electron chi connectivity index (χ1n) is 16.2. The Morgan fingerprint density at radius 1 is 0.878 bits per heavy atom. The highest BCUT2D eigenvalue weighted by molar-refractivity contribution is 6.78. The molecule has 3 rings (SSSR count). The van der Waals surface area contributed by atoms with Gasteiger partial charge in [0.1, 0.15) is 12.3 Å². The fourth-order valence-electron chi connectivity index (χ4n) is 9.16. The van der Waals surface area contributed by atoms with Crippen LogP contribution in [0.5, 0.6) is 0 Å². The molecule has 0 spiro atoms. The maximum atomic E-state index is 13.4. The molecule has 3 saturated heterocycles. The molecule has 5 atom stereocenters. The van der Waals surface area contributed by atoms with E-state index in [1.165, 1.54) is 0 Å². The van der Waals surface area contributed by atoms with Crippen molar-refractivity contribution < 1.29 is 23.2 Å². The number of urea groups is 1. The van der Waals surface area contributed by atoms with Gasteiger partial charge in [-0.15, -0.1) is 0 Å². The molecule has 0 saturated carbocycles. The molecule has 0 bridgehead atoms. The molecule has 0 aromatic heterocycles. The maximum Gasteiger partial charge on any atom is 0.326 e.